The summed E-state index contributed by atoms with van der Waals surface area (Å²) >= 11 is 0. The van der Waals surface area contributed by atoms with E-state index in [1.165, 1.54) is 7.11 Å². The number of aliphatic hydroxyl groups excluding tert-OH is 1. The third-order valence-corrected chi connectivity index (χ3v) is 15.2. The minimum Gasteiger partial charge on any atom is -0.496 e. The van der Waals surface area contributed by atoms with E-state index >= 15 is 4.79 Å². The molecule has 1 saturated carbocycles. The fourth-order valence-electron chi connectivity index (χ4n) is 13.0. The highest BCUT2D eigenvalue weighted by Gasteiger charge is 2.79. The Labute approximate surface area is 321 Å². The zero-order valence-electron chi connectivity index (χ0n) is 32.5. The number of methoxy groups -OCH3 is 2. The maximum absolute atomic E-state index is 15.2. The lowest BCUT2D eigenvalue weighted by molar-refractivity contribution is -0.215. The number of nitrogens with zero attached hydrogens (tertiary/aromatic N) is 3. The van der Waals surface area contributed by atoms with Gasteiger partial charge in [-0.3, -0.25) is 14.6 Å². The zero-order valence-corrected chi connectivity index (χ0v) is 32.5. The number of carboxylic acid groups (broad SMARTS) is 1. The summed E-state index contributed by atoms with van der Waals surface area (Å²) in [4.78, 5) is 38.9. The Hall–Kier alpha value is -3.94. The van der Waals surface area contributed by atoms with Crippen molar-refractivity contribution in [3.63, 3.8) is 0 Å². The number of hydrogen-bond donors (Lipinski definition) is 5. The van der Waals surface area contributed by atoms with Crippen LogP contribution >= 0.6 is 0 Å². The molecule has 55 heavy (non-hydrogen) atoms. The Balaban J connectivity index is 1.36. The third kappa shape index (κ3) is 4.51. The number of aromatic amines is 1. The van der Waals surface area contributed by atoms with Gasteiger partial charge in [0.15, 0.2) is 0 Å². The molecule has 3 unspecified atom stereocenters. The molecule has 5 aliphatic heterocycles. The molecule has 12 heteroatoms. The van der Waals surface area contributed by atoms with Crippen molar-refractivity contribution in [2.45, 2.75) is 92.6 Å². The average molecular weight is 755 g/mol. The van der Waals surface area contributed by atoms with Gasteiger partial charge in [0.2, 0.25) is 5.60 Å². The van der Waals surface area contributed by atoms with Crippen LogP contribution in [0.15, 0.2) is 48.6 Å². The Bertz CT molecular complexity index is 2120. The summed E-state index contributed by atoms with van der Waals surface area (Å²) in [5, 5.41) is 48.7. The number of carbonyl (C=O) groups is 2. The van der Waals surface area contributed by atoms with Crippen LogP contribution in [0.5, 0.6) is 5.75 Å². The number of likely N-dealkylation sites (N-methyl/N-ethyl adjacent to an activating group) is 1. The first-order chi connectivity index (χ1) is 26.3. The van der Waals surface area contributed by atoms with Crippen molar-refractivity contribution in [2.75, 3.05) is 58.9 Å². The van der Waals surface area contributed by atoms with Gasteiger partial charge in [0, 0.05) is 84.0 Å². The average Bonchev–Trinajstić information content (AvgIpc) is 3.84. The lowest BCUT2D eigenvalue weighted by atomic mass is 9.47. The van der Waals surface area contributed by atoms with Gasteiger partial charge >= 0.3 is 11.9 Å². The van der Waals surface area contributed by atoms with Gasteiger partial charge in [-0.1, -0.05) is 44.2 Å². The molecular weight excluding hydrogens is 700 g/mol. The number of fused-ring (bicyclic) bond motifs is 6. The summed E-state index contributed by atoms with van der Waals surface area (Å²) in [6, 6.07) is 10.7. The lowest BCUT2D eigenvalue weighted by Gasteiger charge is -2.62. The van der Waals surface area contributed by atoms with Crippen LogP contribution in [0.3, 0.4) is 0 Å². The predicted octanol–water partition coefficient (Wildman–Crippen LogP) is 3.33. The predicted molar refractivity (Wildman–Crippen MR) is 207 cm³/mol. The van der Waals surface area contributed by atoms with Crippen LogP contribution in [0.2, 0.25) is 0 Å². The number of anilines is 1. The molecular formula is C43H54N4O8. The molecule has 294 valence electrons. The molecule has 0 amide bonds. The monoisotopic (exact) mass is 754 g/mol. The fourth-order valence-corrected chi connectivity index (χ4v) is 13.0. The normalized spacial score (nSPS) is 39.0. The van der Waals surface area contributed by atoms with E-state index < -0.39 is 51.5 Å². The van der Waals surface area contributed by atoms with E-state index in [4.69, 9.17) is 9.47 Å². The summed E-state index contributed by atoms with van der Waals surface area (Å²) < 4.78 is 12.2. The van der Waals surface area contributed by atoms with E-state index in [1.807, 2.05) is 55.2 Å². The van der Waals surface area contributed by atoms with Crippen molar-refractivity contribution in [2.24, 2.45) is 11.3 Å². The molecule has 3 aromatic rings. The van der Waals surface area contributed by atoms with Gasteiger partial charge in [-0.25, -0.2) is 4.79 Å². The second-order valence-corrected chi connectivity index (χ2v) is 17.4. The van der Waals surface area contributed by atoms with Crippen LogP contribution < -0.4 is 9.64 Å². The highest BCUT2D eigenvalue weighted by Crippen LogP contribution is 2.67. The van der Waals surface area contributed by atoms with Gasteiger partial charge in [-0.15, -0.1) is 0 Å². The van der Waals surface area contributed by atoms with Crippen molar-refractivity contribution in [3.05, 3.63) is 70.9 Å². The fraction of sp³-hybridized carbons (Fsp3) is 0.581. The number of H-pyrrole nitrogens is 1. The van der Waals surface area contributed by atoms with Gasteiger partial charge in [0.1, 0.15) is 17.3 Å². The van der Waals surface area contributed by atoms with Crippen LogP contribution in [0.1, 0.15) is 68.3 Å². The quantitative estimate of drug-likeness (QED) is 0.186. The third-order valence-electron chi connectivity index (χ3n) is 15.2. The highest BCUT2D eigenvalue weighted by molar-refractivity contribution is 5.94. The Morgan fingerprint density at radius 3 is 2.51 bits per heavy atom. The van der Waals surface area contributed by atoms with Gasteiger partial charge < -0.3 is 39.8 Å². The van der Waals surface area contributed by atoms with Crippen LogP contribution in [-0.2, 0) is 31.6 Å². The van der Waals surface area contributed by atoms with E-state index in [-0.39, 0.29) is 12.0 Å². The summed E-state index contributed by atoms with van der Waals surface area (Å²) in [5.41, 5.74) is -2.07. The van der Waals surface area contributed by atoms with E-state index in [0.717, 1.165) is 27.7 Å². The topological polar surface area (TPSA) is 159 Å². The highest BCUT2D eigenvalue weighted by atomic mass is 16.5. The molecule has 2 bridgehead atoms. The molecule has 12 nitrogen and oxygen atoms in total. The maximum atomic E-state index is 15.2. The number of para-hydroxylation sites is 1. The van der Waals surface area contributed by atoms with E-state index in [9.17, 15) is 25.2 Å². The van der Waals surface area contributed by atoms with E-state index in [2.05, 4.69) is 26.9 Å². The van der Waals surface area contributed by atoms with Crippen molar-refractivity contribution in [1.29, 1.82) is 0 Å². The number of carbonyl (C=O) groups excluding carboxylic acids is 1. The number of carboxylic acids is 1. The number of esters is 1. The van der Waals surface area contributed by atoms with Gasteiger partial charge in [-0.05, 0) is 74.2 Å². The summed E-state index contributed by atoms with van der Waals surface area (Å²) in [7, 11) is 4.80. The number of rotatable bonds is 6. The maximum Gasteiger partial charge on any atom is 0.340 e. The molecule has 1 aromatic heterocycles. The minimum absolute atomic E-state index is 0.0955. The molecule has 0 radical (unpaired) electrons. The van der Waals surface area contributed by atoms with Gasteiger partial charge in [-0.2, -0.15) is 0 Å². The van der Waals surface area contributed by atoms with Crippen LogP contribution in [0.25, 0.3) is 10.9 Å². The van der Waals surface area contributed by atoms with Crippen molar-refractivity contribution in [3.8, 4) is 5.75 Å². The summed E-state index contributed by atoms with van der Waals surface area (Å²) in [5.74, 6) is -1.57. The van der Waals surface area contributed by atoms with E-state index in [1.54, 1.807) is 14.2 Å². The van der Waals surface area contributed by atoms with Crippen LogP contribution in [0, 0.1) is 11.3 Å². The summed E-state index contributed by atoms with van der Waals surface area (Å²) in [6.07, 6.45) is 5.39. The standard InChI is InChI=1S/C43H54N4O8/c1-6-39(52)21-25-22-42(38(51)55-5,33-27(13-17-46(23-25)24-39)26-11-8-9-12-30(26)44-33)29-19-28-31(20-32(29)54-4)45(3)35-41(28)15-18-47-16-10-14-40(7-2,34(41)47)36(48)43(35,53)37(49)50/h8-12,14,19-20,25,34-36,44,48,52-53H,6-7,13,15-18,21-24H2,1-5H3,(H,49,50)/t25-,34?,35?,36-,39+,40-,41-,42+,43+/m1/s1. The van der Waals surface area contributed by atoms with Gasteiger partial charge in [0.25, 0.3) is 0 Å². The number of aromatic nitrogens is 1. The molecule has 1 spiro atoms. The van der Waals surface area contributed by atoms with E-state index in [0.29, 0.717) is 88.2 Å². The zero-order chi connectivity index (χ0) is 38.9. The number of aliphatic hydroxyl groups is 3. The second-order valence-electron chi connectivity index (χ2n) is 17.4. The van der Waals surface area contributed by atoms with Crippen molar-refractivity contribution < 1.29 is 39.5 Å². The number of aliphatic carboxylic acids is 1. The van der Waals surface area contributed by atoms with Crippen LogP contribution in [0.4, 0.5) is 5.69 Å². The first-order valence-corrected chi connectivity index (χ1v) is 19.9. The SMILES string of the molecule is CC[C@]1(O)C[C@H]2CN(CCc3c([nH]c4ccccc34)[C@@](C(=O)OC)(c3cc4c(cc3OC)N(C)C3[C@]45CCN4CC=C[C@](CC)(C45)[C@@H](O)[C@]3(O)C(=O)O)C2)C1. The summed E-state index contributed by atoms with van der Waals surface area (Å²) in [6.45, 7) is 7.23. The number of benzene rings is 2. The largest absolute Gasteiger partial charge is 0.496 e. The first-order valence-electron chi connectivity index (χ1n) is 19.9. The van der Waals surface area contributed by atoms with Gasteiger partial charge in [0.05, 0.1) is 25.9 Å². The van der Waals surface area contributed by atoms with Crippen LogP contribution in [-0.4, -0.2) is 131 Å². The van der Waals surface area contributed by atoms with Crippen molar-refractivity contribution in [1.82, 2.24) is 14.8 Å². The van der Waals surface area contributed by atoms with Crippen molar-refractivity contribution >= 4 is 28.5 Å². The second kappa shape index (κ2) is 12.3. The Morgan fingerprint density at radius 2 is 1.80 bits per heavy atom. The molecule has 10 atom stereocenters. The molecule has 5 N–H and O–H groups in total. The molecule has 2 saturated heterocycles. The number of piperidine rings is 1. The molecule has 6 aliphatic rings. The first kappa shape index (κ1) is 36.7. The molecule has 1 aliphatic carbocycles. The molecule has 3 fully saturated rings. The minimum atomic E-state index is -2.52. The number of nitrogens with one attached hydrogen (secondary N) is 1. The Morgan fingerprint density at radius 1 is 1.02 bits per heavy atom. The number of ether oxygens (including phenoxy) is 2. The Kier molecular flexibility index (Phi) is 8.19. The lowest BCUT2D eigenvalue weighted by Crippen LogP contribution is -2.80. The smallest absolute Gasteiger partial charge is 0.340 e. The number of hydrogen-bond acceptors (Lipinski definition) is 10. The molecule has 6 heterocycles. The molecule has 2 aromatic carbocycles. The molecule has 9 rings (SSSR count).